The van der Waals surface area contributed by atoms with Crippen molar-refractivity contribution in [1.29, 1.82) is 0 Å². The van der Waals surface area contributed by atoms with Gasteiger partial charge in [0.15, 0.2) is 0 Å². The number of rotatable bonds is 11. The molecule has 0 saturated heterocycles. The second kappa shape index (κ2) is 17.0. The molecule has 4 nitrogen and oxygen atoms in total. The maximum absolute atomic E-state index is 4.16. The molecule has 4 heteroatoms. The first kappa shape index (κ1) is 34.7. The number of allylic oxidation sites excluding steroid dienone is 1. The van der Waals surface area contributed by atoms with Gasteiger partial charge in [0.25, 0.3) is 0 Å². The summed E-state index contributed by atoms with van der Waals surface area (Å²) in [6, 6.07) is 58.1. The van der Waals surface area contributed by atoms with E-state index in [2.05, 4.69) is 206 Å². The number of nitrogens with two attached hydrogens (primary N) is 2. The van der Waals surface area contributed by atoms with Crippen LogP contribution in [0, 0.1) is 6.92 Å². The van der Waals surface area contributed by atoms with E-state index in [1.807, 2.05) is 6.08 Å². The fourth-order valence-electron chi connectivity index (χ4n) is 6.57. The summed E-state index contributed by atoms with van der Waals surface area (Å²) >= 11 is 0. The van der Waals surface area contributed by atoms with Gasteiger partial charge in [-0.25, -0.2) is 0 Å². The third kappa shape index (κ3) is 8.17. The molecule has 0 fully saturated rings. The van der Waals surface area contributed by atoms with Crippen LogP contribution in [0.5, 0.6) is 0 Å². The first-order valence-electron chi connectivity index (χ1n) is 17.2. The zero-order valence-corrected chi connectivity index (χ0v) is 29.0. The molecule has 0 aliphatic heterocycles. The average Bonchev–Trinajstić information content (AvgIpc) is 3.20. The smallest absolute Gasteiger partial charge is 0.0665 e. The Labute approximate surface area is 301 Å². The van der Waals surface area contributed by atoms with E-state index < -0.39 is 0 Å². The van der Waals surface area contributed by atoms with E-state index in [1.165, 1.54) is 55.3 Å². The number of fused-ring (bicyclic) bond motifs is 1. The third-order valence-electron chi connectivity index (χ3n) is 9.18. The third-order valence-corrected chi connectivity index (χ3v) is 9.18. The number of benzene rings is 7. The van der Waals surface area contributed by atoms with Crippen molar-refractivity contribution in [3.63, 3.8) is 0 Å². The minimum absolute atomic E-state index is 0.731. The molecule has 252 valence electrons. The van der Waals surface area contributed by atoms with Gasteiger partial charge in [-0.3, -0.25) is 11.7 Å². The van der Waals surface area contributed by atoms with Crippen LogP contribution >= 0.6 is 0 Å². The van der Waals surface area contributed by atoms with Crippen LogP contribution in [0.15, 0.2) is 176 Å². The van der Waals surface area contributed by atoms with Gasteiger partial charge in [0.05, 0.1) is 11.4 Å². The van der Waals surface area contributed by atoms with E-state index in [9.17, 15) is 0 Å². The SMILES string of the molecule is C=Cc1c(C)c(Nc2ccc(-c3ccc(/C(=C/Cc4ccccc4)c4ccccc4)cc3)cc2)c(NCc2ccccc2)c2ccccc12.NN. The van der Waals surface area contributed by atoms with Crippen molar-refractivity contribution in [3.8, 4) is 11.1 Å². The summed E-state index contributed by atoms with van der Waals surface area (Å²) < 4.78 is 0. The number of anilines is 3. The molecular weight excluding hydrogens is 621 g/mol. The van der Waals surface area contributed by atoms with Crippen LogP contribution in [0.25, 0.3) is 33.5 Å². The van der Waals surface area contributed by atoms with Gasteiger partial charge in [-0.05, 0) is 80.9 Å². The monoisotopic (exact) mass is 664 g/mol. The Kier molecular flexibility index (Phi) is 11.5. The Bertz CT molecular complexity index is 2210. The highest BCUT2D eigenvalue weighted by atomic mass is 15.0. The first-order valence-corrected chi connectivity index (χ1v) is 17.2. The summed E-state index contributed by atoms with van der Waals surface area (Å²) in [6.07, 6.45) is 5.20. The van der Waals surface area contributed by atoms with E-state index in [0.29, 0.717) is 0 Å². The van der Waals surface area contributed by atoms with Crippen molar-refractivity contribution in [2.24, 2.45) is 11.7 Å². The molecule has 0 saturated carbocycles. The molecule has 7 rings (SSSR count). The van der Waals surface area contributed by atoms with Gasteiger partial charge in [-0.15, -0.1) is 0 Å². The van der Waals surface area contributed by atoms with E-state index in [1.54, 1.807) is 0 Å². The highest BCUT2D eigenvalue weighted by Gasteiger charge is 2.16. The van der Waals surface area contributed by atoms with Gasteiger partial charge in [-0.1, -0.05) is 170 Å². The molecule has 0 unspecified atom stereocenters. The fourth-order valence-corrected chi connectivity index (χ4v) is 6.57. The maximum Gasteiger partial charge on any atom is 0.0665 e. The van der Waals surface area contributed by atoms with Gasteiger partial charge in [0, 0.05) is 17.6 Å². The lowest BCUT2D eigenvalue weighted by Gasteiger charge is -2.22. The van der Waals surface area contributed by atoms with Crippen molar-refractivity contribution in [1.82, 2.24) is 0 Å². The largest absolute Gasteiger partial charge is 0.379 e. The molecule has 0 heterocycles. The molecule has 51 heavy (non-hydrogen) atoms. The second-order valence-corrected chi connectivity index (χ2v) is 12.3. The molecule has 0 atom stereocenters. The molecule has 0 radical (unpaired) electrons. The average molecular weight is 665 g/mol. The van der Waals surface area contributed by atoms with Gasteiger partial charge in [-0.2, -0.15) is 0 Å². The Morgan fingerprint density at radius 3 is 1.69 bits per heavy atom. The lowest BCUT2D eigenvalue weighted by atomic mass is 9.94. The lowest BCUT2D eigenvalue weighted by Crippen LogP contribution is -2.06. The Balaban J connectivity index is 0.00000220. The standard InChI is InChI=1S/C47H40N2.H4N2/c1-3-42-34(2)46(47(45-22-14-13-21-44(42)45)48-33-36-17-9-5-10-18-36)49-41-30-28-38(29-31-41)37-24-26-40(27-25-37)43(39-19-11-6-12-20-39)32-23-35-15-7-4-8-16-35;1-2/h3-22,24-32,48-49H,1,23,33H2,2H3;1-2H2/b43-32+;. The van der Waals surface area contributed by atoms with Crippen molar-refractivity contribution in [2.45, 2.75) is 19.9 Å². The summed E-state index contributed by atoms with van der Waals surface area (Å²) in [5.41, 5.74) is 14.1. The van der Waals surface area contributed by atoms with Gasteiger partial charge >= 0.3 is 0 Å². The summed E-state index contributed by atoms with van der Waals surface area (Å²) in [6.45, 7) is 7.07. The number of hydrogen-bond donors (Lipinski definition) is 4. The lowest BCUT2D eigenvalue weighted by molar-refractivity contribution is 1.15. The van der Waals surface area contributed by atoms with E-state index in [-0.39, 0.29) is 0 Å². The molecule has 0 aliphatic carbocycles. The quantitative estimate of drug-likeness (QED) is 0.0820. The van der Waals surface area contributed by atoms with Crippen LogP contribution in [0.3, 0.4) is 0 Å². The van der Waals surface area contributed by atoms with Gasteiger partial charge in [0.1, 0.15) is 0 Å². The van der Waals surface area contributed by atoms with Crippen LogP contribution in [0.4, 0.5) is 17.1 Å². The van der Waals surface area contributed by atoms with Crippen LogP contribution in [0.1, 0.15) is 33.4 Å². The zero-order chi connectivity index (χ0) is 35.4. The number of nitrogens with one attached hydrogen (secondary N) is 2. The van der Waals surface area contributed by atoms with Crippen molar-refractivity contribution in [2.75, 3.05) is 10.6 Å². The molecule has 7 aromatic rings. The van der Waals surface area contributed by atoms with E-state index >= 15 is 0 Å². The highest BCUT2D eigenvalue weighted by molar-refractivity contribution is 6.07. The number of hydrazine groups is 1. The molecule has 0 amide bonds. The summed E-state index contributed by atoms with van der Waals surface area (Å²) in [4.78, 5) is 0. The molecule has 0 bridgehead atoms. The Morgan fingerprint density at radius 2 is 1.08 bits per heavy atom. The molecule has 0 aromatic heterocycles. The van der Waals surface area contributed by atoms with Crippen LogP contribution in [0.2, 0.25) is 0 Å². The summed E-state index contributed by atoms with van der Waals surface area (Å²) in [5.74, 6) is 8.00. The van der Waals surface area contributed by atoms with Gasteiger partial charge in [0.2, 0.25) is 0 Å². The first-order chi connectivity index (χ1) is 25.2. The minimum atomic E-state index is 0.731. The molecule has 0 spiro atoms. The molecule has 7 aromatic carbocycles. The summed E-state index contributed by atoms with van der Waals surface area (Å²) in [7, 11) is 0. The fraction of sp³-hybridized carbons (Fsp3) is 0.0638. The number of hydrogen-bond acceptors (Lipinski definition) is 4. The molecule has 0 aliphatic rings. The van der Waals surface area contributed by atoms with Crippen LogP contribution < -0.4 is 22.3 Å². The maximum atomic E-state index is 4.16. The van der Waals surface area contributed by atoms with Crippen molar-refractivity contribution < 1.29 is 0 Å². The van der Waals surface area contributed by atoms with Crippen molar-refractivity contribution in [3.05, 3.63) is 210 Å². The second-order valence-electron chi connectivity index (χ2n) is 12.3. The van der Waals surface area contributed by atoms with Crippen LogP contribution in [-0.2, 0) is 13.0 Å². The Morgan fingerprint density at radius 1 is 0.569 bits per heavy atom. The predicted octanol–water partition coefficient (Wildman–Crippen LogP) is 11.3. The van der Waals surface area contributed by atoms with Crippen LogP contribution in [-0.4, -0.2) is 0 Å². The normalized spacial score (nSPS) is 11.0. The molecular formula is C47H44N4. The highest BCUT2D eigenvalue weighted by Crippen LogP contribution is 2.41. The van der Waals surface area contributed by atoms with E-state index in [0.717, 1.165) is 35.6 Å². The topological polar surface area (TPSA) is 76.1 Å². The predicted molar refractivity (Wildman–Crippen MR) is 220 cm³/mol. The minimum Gasteiger partial charge on any atom is -0.379 e. The summed E-state index contributed by atoms with van der Waals surface area (Å²) in [5, 5.41) is 9.91. The Hall–Kier alpha value is -6.20. The molecule has 6 N–H and O–H groups in total. The van der Waals surface area contributed by atoms with Gasteiger partial charge < -0.3 is 10.6 Å². The van der Waals surface area contributed by atoms with Crippen molar-refractivity contribution >= 4 is 39.5 Å². The zero-order valence-electron chi connectivity index (χ0n) is 29.0. The van der Waals surface area contributed by atoms with E-state index in [4.69, 9.17) is 0 Å².